The molecule has 0 bridgehead atoms. The Morgan fingerprint density at radius 1 is 1.19 bits per heavy atom. The molecular weight excluding hydrogens is 352 g/mol. The summed E-state index contributed by atoms with van der Waals surface area (Å²) >= 11 is 0. The number of rotatable bonds is 4. The summed E-state index contributed by atoms with van der Waals surface area (Å²) in [4.78, 5) is 23.1. The molecule has 1 aliphatic carbocycles. The molecule has 0 N–H and O–H groups in total. The summed E-state index contributed by atoms with van der Waals surface area (Å²) in [5, 5.41) is 3.83. The Bertz CT molecular complexity index is 802. The highest BCUT2D eigenvalue weighted by Crippen LogP contribution is 2.31. The van der Waals surface area contributed by atoms with Crippen LogP contribution in [0.1, 0.15) is 75.1 Å². The van der Waals surface area contributed by atoms with Crippen LogP contribution < -0.4 is 0 Å². The quantitative estimate of drug-likeness (QED) is 0.814. The number of piperidine rings is 1. The zero-order valence-corrected chi connectivity index (χ0v) is 15.4. The SMILES string of the molecule is O=C(CC1CCCCC1)N1CCC[C@H](c2cc(C(F)F)n3ncnc3n2)C1. The van der Waals surface area contributed by atoms with E-state index in [2.05, 4.69) is 15.1 Å². The third kappa shape index (κ3) is 3.94. The standard InChI is InChI=1S/C19H25F2N5O/c20-18(21)16-10-15(24-19-22-12-23-26(16)19)14-7-4-8-25(11-14)17(27)9-13-5-2-1-3-6-13/h10,12-14,18H,1-9,11H2/t14-/m0/s1. The van der Waals surface area contributed by atoms with Crippen molar-refractivity contribution in [3.63, 3.8) is 0 Å². The first-order valence-electron chi connectivity index (χ1n) is 9.88. The number of likely N-dealkylation sites (tertiary alicyclic amines) is 1. The summed E-state index contributed by atoms with van der Waals surface area (Å²) in [7, 11) is 0. The highest BCUT2D eigenvalue weighted by atomic mass is 19.3. The second-order valence-electron chi connectivity index (χ2n) is 7.77. The highest BCUT2D eigenvalue weighted by molar-refractivity contribution is 5.76. The zero-order valence-electron chi connectivity index (χ0n) is 15.4. The molecule has 146 valence electrons. The lowest BCUT2D eigenvalue weighted by Gasteiger charge is -2.34. The molecule has 4 rings (SSSR count). The van der Waals surface area contributed by atoms with Gasteiger partial charge in [-0.25, -0.2) is 13.8 Å². The lowest BCUT2D eigenvalue weighted by atomic mass is 9.86. The van der Waals surface area contributed by atoms with Crippen LogP contribution in [-0.2, 0) is 4.79 Å². The Morgan fingerprint density at radius 3 is 2.78 bits per heavy atom. The highest BCUT2D eigenvalue weighted by Gasteiger charge is 2.29. The van der Waals surface area contributed by atoms with E-state index < -0.39 is 6.43 Å². The Balaban J connectivity index is 1.49. The number of aromatic nitrogens is 4. The predicted octanol–water partition coefficient (Wildman–Crippen LogP) is 3.74. The predicted molar refractivity (Wildman–Crippen MR) is 95.5 cm³/mol. The van der Waals surface area contributed by atoms with Gasteiger partial charge in [0.1, 0.15) is 12.0 Å². The molecule has 6 nitrogen and oxygen atoms in total. The number of amides is 1. The second-order valence-corrected chi connectivity index (χ2v) is 7.77. The van der Waals surface area contributed by atoms with Gasteiger partial charge in [-0.1, -0.05) is 19.3 Å². The van der Waals surface area contributed by atoms with Crippen molar-refractivity contribution in [1.29, 1.82) is 0 Å². The van der Waals surface area contributed by atoms with Crippen LogP contribution in [0.3, 0.4) is 0 Å². The van der Waals surface area contributed by atoms with Crippen molar-refractivity contribution < 1.29 is 13.6 Å². The number of alkyl halides is 2. The summed E-state index contributed by atoms with van der Waals surface area (Å²) < 4.78 is 27.9. The van der Waals surface area contributed by atoms with Gasteiger partial charge >= 0.3 is 0 Å². The normalized spacial score (nSPS) is 21.9. The van der Waals surface area contributed by atoms with Crippen LogP contribution in [0, 0.1) is 5.92 Å². The van der Waals surface area contributed by atoms with E-state index in [0.717, 1.165) is 36.7 Å². The lowest BCUT2D eigenvalue weighted by Crippen LogP contribution is -2.40. The largest absolute Gasteiger partial charge is 0.342 e. The van der Waals surface area contributed by atoms with Crippen LogP contribution in [0.4, 0.5) is 8.78 Å². The van der Waals surface area contributed by atoms with Gasteiger partial charge in [0.05, 0.1) is 5.69 Å². The van der Waals surface area contributed by atoms with Crippen molar-refractivity contribution in [2.45, 2.75) is 63.7 Å². The van der Waals surface area contributed by atoms with Gasteiger partial charge < -0.3 is 4.90 Å². The first kappa shape index (κ1) is 18.3. The Morgan fingerprint density at radius 2 is 2.00 bits per heavy atom. The van der Waals surface area contributed by atoms with E-state index >= 15 is 0 Å². The van der Waals surface area contributed by atoms with Gasteiger partial charge in [-0.15, -0.1) is 0 Å². The van der Waals surface area contributed by atoms with E-state index in [1.54, 1.807) is 0 Å². The summed E-state index contributed by atoms with van der Waals surface area (Å²) in [5.74, 6) is 0.855. The molecule has 3 heterocycles. The molecule has 2 aromatic rings. The molecule has 2 aromatic heterocycles. The molecule has 0 unspecified atom stereocenters. The molecule has 1 atom stereocenters. The number of fused-ring (bicyclic) bond motifs is 1. The minimum Gasteiger partial charge on any atom is -0.342 e. The molecule has 1 amide bonds. The van der Waals surface area contributed by atoms with E-state index in [-0.39, 0.29) is 23.3 Å². The Hall–Kier alpha value is -2.12. The van der Waals surface area contributed by atoms with Crippen molar-refractivity contribution in [2.75, 3.05) is 13.1 Å². The molecule has 8 heteroatoms. The van der Waals surface area contributed by atoms with Crippen molar-refractivity contribution in [3.05, 3.63) is 23.8 Å². The number of carbonyl (C=O) groups excluding carboxylic acids is 1. The topological polar surface area (TPSA) is 63.4 Å². The minimum atomic E-state index is -2.65. The third-order valence-corrected chi connectivity index (χ3v) is 5.90. The van der Waals surface area contributed by atoms with E-state index in [1.165, 1.54) is 31.7 Å². The lowest BCUT2D eigenvalue weighted by molar-refractivity contribution is -0.133. The average molecular weight is 377 g/mol. The Kier molecular flexibility index (Phi) is 5.31. The number of halogens is 2. The minimum absolute atomic E-state index is 0.0340. The van der Waals surface area contributed by atoms with E-state index in [0.29, 0.717) is 24.6 Å². The molecule has 2 aliphatic rings. The molecule has 27 heavy (non-hydrogen) atoms. The second kappa shape index (κ2) is 7.86. The summed E-state index contributed by atoms with van der Waals surface area (Å²) in [5.41, 5.74) is 0.388. The molecular formula is C19H25F2N5O. The van der Waals surface area contributed by atoms with E-state index in [4.69, 9.17) is 0 Å². The van der Waals surface area contributed by atoms with E-state index in [9.17, 15) is 13.6 Å². The van der Waals surface area contributed by atoms with Crippen LogP contribution in [0.25, 0.3) is 5.78 Å². The summed E-state index contributed by atoms with van der Waals surface area (Å²) in [6.07, 6.45) is 6.92. The van der Waals surface area contributed by atoms with Crippen LogP contribution in [0.5, 0.6) is 0 Å². The van der Waals surface area contributed by atoms with Crippen LogP contribution in [0.2, 0.25) is 0 Å². The number of carbonyl (C=O) groups is 1. The molecule has 1 saturated heterocycles. The van der Waals surface area contributed by atoms with Crippen molar-refractivity contribution >= 4 is 11.7 Å². The Labute approximate surface area is 157 Å². The van der Waals surface area contributed by atoms with Crippen molar-refractivity contribution in [2.24, 2.45) is 5.92 Å². The van der Waals surface area contributed by atoms with Crippen molar-refractivity contribution in [1.82, 2.24) is 24.5 Å². The zero-order chi connectivity index (χ0) is 18.8. The van der Waals surface area contributed by atoms with Gasteiger partial charge in [-0.05, 0) is 37.7 Å². The monoisotopic (exact) mass is 377 g/mol. The first-order chi connectivity index (χ1) is 13.1. The van der Waals surface area contributed by atoms with Crippen molar-refractivity contribution in [3.8, 4) is 0 Å². The maximum absolute atomic E-state index is 13.4. The fraction of sp³-hybridized carbons (Fsp3) is 0.684. The number of hydrogen-bond donors (Lipinski definition) is 0. The third-order valence-electron chi connectivity index (χ3n) is 5.90. The van der Waals surface area contributed by atoms with Gasteiger partial charge in [-0.2, -0.15) is 14.6 Å². The number of nitrogens with zero attached hydrogens (tertiary/aromatic N) is 5. The van der Waals surface area contributed by atoms with Gasteiger partial charge in [0.15, 0.2) is 0 Å². The van der Waals surface area contributed by atoms with Gasteiger partial charge in [0, 0.05) is 25.4 Å². The molecule has 1 saturated carbocycles. The molecule has 0 radical (unpaired) electrons. The average Bonchev–Trinajstić information content (AvgIpc) is 3.16. The number of hydrogen-bond acceptors (Lipinski definition) is 4. The maximum atomic E-state index is 13.4. The van der Waals surface area contributed by atoms with E-state index in [1.807, 2.05) is 4.90 Å². The van der Waals surface area contributed by atoms with Crippen LogP contribution in [-0.4, -0.2) is 43.5 Å². The molecule has 2 fully saturated rings. The smallest absolute Gasteiger partial charge is 0.280 e. The maximum Gasteiger partial charge on any atom is 0.280 e. The summed E-state index contributed by atoms with van der Waals surface area (Å²) in [6.45, 7) is 1.29. The molecule has 0 spiro atoms. The first-order valence-corrected chi connectivity index (χ1v) is 9.88. The van der Waals surface area contributed by atoms with Crippen LogP contribution in [0.15, 0.2) is 12.4 Å². The van der Waals surface area contributed by atoms with Gasteiger partial charge in [0.2, 0.25) is 5.91 Å². The van der Waals surface area contributed by atoms with Gasteiger partial charge in [0.25, 0.3) is 12.2 Å². The molecule has 0 aromatic carbocycles. The fourth-order valence-electron chi connectivity index (χ4n) is 4.43. The van der Waals surface area contributed by atoms with Crippen LogP contribution >= 0.6 is 0 Å². The fourth-order valence-corrected chi connectivity index (χ4v) is 4.43. The summed E-state index contributed by atoms with van der Waals surface area (Å²) in [6, 6.07) is 1.42. The van der Waals surface area contributed by atoms with Gasteiger partial charge in [-0.3, -0.25) is 4.79 Å². The molecule has 1 aliphatic heterocycles.